The minimum absolute atomic E-state index is 0. The Morgan fingerprint density at radius 3 is 1.39 bits per heavy atom. The molecule has 0 amide bonds. The smallest absolute Gasteiger partial charge is 0.504 e. The van der Waals surface area contributed by atoms with Crippen molar-refractivity contribution < 1.29 is 61.8 Å². The largest absolute Gasteiger partial charge is 1.00 e. The molecule has 0 fully saturated rings. The number of halogens is 5. The molecular weight excluding hydrogens is 806 g/mol. The first kappa shape index (κ1) is 45.7. The van der Waals surface area contributed by atoms with Gasteiger partial charge in [0.1, 0.15) is 23.3 Å². The van der Waals surface area contributed by atoms with Crippen molar-refractivity contribution in [3.63, 3.8) is 0 Å². The summed E-state index contributed by atoms with van der Waals surface area (Å²) in [5.74, 6) is -2.18. The Morgan fingerprint density at radius 2 is 1.00 bits per heavy atom. The van der Waals surface area contributed by atoms with E-state index < -0.39 is 30.6 Å². The third-order valence-electron chi connectivity index (χ3n) is 8.14. The van der Waals surface area contributed by atoms with Gasteiger partial charge in [-0.05, 0) is 124 Å². The summed E-state index contributed by atoms with van der Waals surface area (Å²) in [6.07, 6.45) is 6.01. The maximum atomic E-state index is 14.6. The van der Waals surface area contributed by atoms with Crippen molar-refractivity contribution in [1.82, 2.24) is 0 Å². The molecule has 12 heteroatoms. The van der Waals surface area contributed by atoms with Crippen molar-refractivity contribution in [1.29, 1.82) is 0 Å². The van der Waals surface area contributed by atoms with E-state index in [1.54, 1.807) is 12.1 Å². The van der Waals surface area contributed by atoms with Crippen molar-refractivity contribution in [3.05, 3.63) is 146 Å². The third kappa shape index (κ3) is 13.2. The quantitative estimate of drug-likeness (QED) is 0.0776. The Hall–Kier alpha value is -2.74. The Bertz CT molecular complexity index is 2010. The molecule has 0 aliphatic heterocycles. The number of aryl methyl sites for hydroxylation is 4. The number of rotatable bonds is 11. The van der Waals surface area contributed by atoms with E-state index in [1.807, 2.05) is 74.5 Å². The van der Waals surface area contributed by atoms with E-state index in [0.29, 0.717) is 21.1 Å². The van der Waals surface area contributed by atoms with Gasteiger partial charge < -0.3 is 14.7 Å². The molecule has 2 heterocycles. The SMILES string of the molecule is CCCc1ccc(-c2cc(F)c(-c3ccc(CC)s3)c(F)c2)cc1.CCCc1ccc(-c2cc(F)c(Br)c(F)c2)cc1.CCc1ccc(OB(O)O)s1.[Na+]. The van der Waals surface area contributed by atoms with Gasteiger partial charge in [0.15, 0.2) is 5.06 Å². The predicted molar refractivity (Wildman–Crippen MR) is 216 cm³/mol. The number of hydrogen-bond donors (Lipinski definition) is 2. The molecule has 0 aliphatic rings. The summed E-state index contributed by atoms with van der Waals surface area (Å²) < 4.78 is 60.5. The van der Waals surface area contributed by atoms with Crippen LogP contribution in [0.4, 0.5) is 17.6 Å². The van der Waals surface area contributed by atoms with Crippen LogP contribution in [0.3, 0.4) is 0 Å². The molecule has 6 aromatic rings. The zero-order chi connectivity index (χ0) is 38.5. The normalized spacial score (nSPS) is 10.4. The molecule has 0 unspecified atom stereocenters. The second kappa shape index (κ2) is 22.7. The molecular formula is C42H42BBrF4NaO3S2+. The van der Waals surface area contributed by atoms with E-state index in [0.717, 1.165) is 54.5 Å². The molecule has 0 spiro atoms. The summed E-state index contributed by atoms with van der Waals surface area (Å²) in [6, 6.07) is 28.6. The Kier molecular flexibility index (Phi) is 19.2. The van der Waals surface area contributed by atoms with Crippen molar-refractivity contribution in [3.8, 4) is 37.8 Å². The zero-order valence-electron chi connectivity index (χ0n) is 31.1. The molecule has 2 aromatic heterocycles. The standard InChI is InChI=1S/C21H20F2S.C15H13BrF2.C6H9BO3S.Na/c1-3-5-14-6-8-15(9-7-14)16-12-18(22)21(19(23)13-16)20-11-10-17(4-2)24-20;1-2-3-10-4-6-11(7-5-10)12-8-13(17)15(16)14(18)9-12;1-2-5-3-4-6(11-5)10-7(8)9;/h6-13H,3-5H2,1-2H3;4-9H,2-3H2,1H3;3-4,8-9H,2H2,1H3;/q;;;+1. The van der Waals surface area contributed by atoms with Crippen LogP contribution in [0.2, 0.25) is 0 Å². The summed E-state index contributed by atoms with van der Waals surface area (Å²) in [5, 5.41) is 17.4. The fraction of sp³-hybridized carbons (Fsp3) is 0.238. The average molecular weight is 849 g/mol. The summed E-state index contributed by atoms with van der Waals surface area (Å²) >= 11 is 5.73. The maximum absolute atomic E-state index is 14.6. The summed E-state index contributed by atoms with van der Waals surface area (Å²) in [7, 11) is -1.71. The molecule has 4 aromatic carbocycles. The molecule has 3 nitrogen and oxygen atoms in total. The van der Waals surface area contributed by atoms with Crippen LogP contribution in [-0.4, -0.2) is 17.4 Å². The van der Waals surface area contributed by atoms with Crippen molar-refractivity contribution in [2.24, 2.45) is 0 Å². The number of hydrogen-bond acceptors (Lipinski definition) is 5. The van der Waals surface area contributed by atoms with Gasteiger partial charge in [0.2, 0.25) is 0 Å². The van der Waals surface area contributed by atoms with Crippen LogP contribution in [0.5, 0.6) is 5.06 Å². The van der Waals surface area contributed by atoms with Gasteiger partial charge in [0, 0.05) is 14.6 Å². The van der Waals surface area contributed by atoms with Crippen LogP contribution >= 0.6 is 38.6 Å². The molecule has 0 aliphatic carbocycles. The third-order valence-corrected chi connectivity index (χ3v) is 11.3. The first-order valence-corrected chi connectivity index (χ1v) is 19.9. The molecule has 278 valence electrons. The monoisotopic (exact) mass is 847 g/mol. The van der Waals surface area contributed by atoms with Gasteiger partial charge in [-0.25, -0.2) is 17.6 Å². The van der Waals surface area contributed by atoms with Gasteiger partial charge in [0.05, 0.1) is 10.0 Å². The zero-order valence-corrected chi connectivity index (χ0v) is 36.3. The van der Waals surface area contributed by atoms with Gasteiger partial charge in [-0.1, -0.05) is 89.1 Å². The van der Waals surface area contributed by atoms with E-state index in [4.69, 9.17) is 10.0 Å². The molecule has 0 radical (unpaired) electrons. The van der Waals surface area contributed by atoms with Gasteiger partial charge in [-0.15, -0.1) is 22.7 Å². The van der Waals surface area contributed by atoms with Crippen molar-refractivity contribution in [2.45, 2.75) is 66.2 Å². The van der Waals surface area contributed by atoms with E-state index >= 15 is 0 Å². The Balaban J connectivity index is 0.000000231. The van der Waals surface area contributed by atoms with E-state index in [2.05, 4.69) is 34.4 Å². The van der Waals surface area contributed by atoms with Crippen molar-refractivity contribution >= 4 is 45.9 Å². The van der Waals surface area contributed by atoms with Gasteiger partial charge in [-0.3, -0.25) is 0 Å². The van der Waals surface area contributed by atoms with Crippen molar-refractivity contribution in [2.75, 3.05) is 0 Å². The first-order chi connectivity index (χ1) is 25.5. The molecule has 0 atom stereocenters. The first-order valence-electron chi connectivity index (χ1n) is 17.5. The fourth-order valence-electron chi connectivity index (χ4n) is 5.42. The molecule has 54 heavy (non-hydrogen) atoms. The maximum Gasteiger partial charge on any atom is 1.00 e. The summed E-state index contributed by atoms with van der Waals surface area (Å²) in [5.41, 5.74) is 5.33. The topological polar surface area (TPSA) is 49.7 Å². The minimum atomic E-state index is -1.71. The number of thiophene rings is 2. The van der Waals surface area contributed by atoms with Crippen LogP contribution in [0.25, 0.3) is 32.7 Å². The van der Waals surface area contributed by atoms with Crippen LogP contribution in [0, 0.1) is 23.3 Å². The van der Waals surface area contributed by atoms with Crippen LogP contribution in [-0.2, 0) is 25.7 Å². The second-order valence-electron chi connectivity index (χ2n) is 12.1. The second-order valence-corrected chi connectivity index (χ2v) is 15.2. The molecule has 6 rings (SSSR count). The van der Waals surface area contributed by atoms with Crippen LogP contribution in [0.15, 0.2) is 102 Å². The Labute approximate surface area is 354 Å². The van der Waals surface area contributed by atoms with E-state index in [-0.39, 0.29) is 39.6 Å². The van der Waals surface area contributed by atoms with Crippen LogP contribution in [0.1, 0.15) is 61.4 Å². The minimum Gasteiger partial charge on any atom is -0.504 e. The molecule has 0 bridgehead atoms. The van der Waals surface area contributed by atoms with Gasteiger partial charge in [-0.2, -0.15) is 0 Å². The summed E-state index contributed by atoms with van der Waals surface area (Å²) in [6.45, 7) is 8.32. The van der Waals surface area contributed by atoms with Gasteiger partial charge in [0.25, 0.3) is 0 Å². The average Bonchev–Trinajstić information content (AvgIpc) is 3.81. The summed E-state index contributed by atoms with van der Waals surface area (Å²) in [4.78, 5) is 2.94. The molecule has 2 N–H and O–H groups in total. The molecule has 0 saturated heterocycles. The predicted octanol–water partition coefficient (Wildman–Crippen LogP) is 9.88. The van der Waals surface area contributed by atoms with Gasteiger partial charge >= 0.3 is 36.9 Å². The molecule has 0 saturated carbocycles. The van der Waals surface area contributed by atoms with E-state index in [1.165, 1.54) is 62.9 Å². The Morgan fingerprint density at radius 1 is 0.574 bits per heavy atom. The fourth-order valence-corrected chi connectivity index (χ4v) is 7.45. The van der Waals surface area contributed by atoms with Crippen LogP contribution < -0.4 is 34.2 Å². The number of benzene rings is 4. The van der Waals surface area contributed by atoms with E-state index in [9.17, 15) is 17.6 Å².